The number of H-pyrrole nitrogens is 1. The van der Waals surface area contributed by atoms with Gasteiger partial charge in [-0.05, 0) is 6.42 Å². The number of aliphatic hydroxyl groups excluding tert-OH is 6. The molecule has 0 spiro atoms. The highest BCUT2D eigenvalue weighted by molar-refractivity contribution is 5.88. The Morgan fingerprint density at radius 3 is 2.40 bits per heavy atom. The maximum Gasteiger partial charge on any atom is 0.348 e. The molecule has 1 unspecified atom stereocenters. The number of aliphatic hydroxyl groups is 6. The van der Waals surface area contributed by atoms with Crippen LogP contribution in [0.2, 0.25) is 0 Å². The van der Waals surface area contributed by atoms with E-state index in [-0.39, 0.29) is 19.4 Å². The summed E-state index contributed by atoms with van der Waals surface area (Å²) in [7, 11) is 0. The minimum Gasteiger partial charge on any atom is -0.394 e. The van der Waals surface area contributed by atoms with E-state index in [1.54, 1.807) is 0 Å². The maximum absolute atomic E-state index is 13.1. The zero-order valence-electron chi connectivity index (χ0n) is 22.1. The summed E-state index contributed by atoms with van der Waals surface area (Å²) in [5.41, 5.74) is -0.996. The van der Waals surface area contributed by atoms with Crippen LogP contribution in [0.5, 0.6) is 0 Å². The lowest BCUT2D eigenvalue weighted by Gasteiger charge is -2.39. The van der Waals surface area contributed by atoms with Gasteiger partial charge in [-0.3, -0.25) is 23.9 Å². The van der Waals surface area contributed by atoms with Gasteiger partial charge in [0.2, 0.25) is 23.4 Å². The molecule has 3 aliphatic rings. The normalized spacial score (nSPS) is 32.7. The van der Waals surface area contributed by atoms with Crippen LogP contribution in [0.4, 0.5) is 0 Å². The minimum absolute atomic E-state index is 0.0526. The summed E-state index contributed by atoms with van der Waals surface area (Å²) < 4.78 is 15.6. The first-order chi connectivity index (χ1) is 20.0. The van der Waals surface area contributed by atoms with E-state index in [2.05, 4.69) is 26.5 Å². The second-order valence-electron chi connectivity index (χ2n) is 10.0. The van der Waals surface area contributed by atoms with Gasteiger partial charge in [-0.2, -0.15) is 4.67 Å². The van der Waals surface area contributed by atoms with Crippen molar-refractivity contribution in [3.63, 3.8) is 0 Å². The van der Waals surface area contributed by atoms with Crippen molar-refractivity contribution in [2.75, 3.05) is 13.2 Å². The number of ether oxygens (including phenoxy) is 2. The van der Waals surface area contributed by atoms with Crippen molar-refractivity contribution in [3.05, 3.63) is 38.8 Å². The number of allylic oxidation sites excluding steroid dienone is 1. The lowest BCUT2D eigenvalue weighted by molar-refractivity contribution is -0.229. The van der Waals surface area contributed by atoms with Crippen molar-refractivity contribution < 1.29 is 49.7 Å². The Kier molecular flexibility index (Phi) is 10.1. The summed E-state index contributed by atoms with van der Waals surface area (Å²) in [6.45, 7) is -1.00. The molecule has 18 heteroatoms. The Hall–Kier alpha value is -3.67. The summed E-state index contributed by atoms with van der Waals surface area (Å²) in [5, 5.41) is 68.3. The summed E-state index contributed by atoms with van der Waals surface area (Å²) in [6, 6.07) is -0.131. The number of hydrogen-bond acceptors (Lipinski definition) is 13. The van der Waals surface area contributed by atoms with Gasteiger partial charge in [0.05, 0.1) is 19.1 Å². The highest BCUT2D eigenvalue weighted by Crippen LogP contribution is 2.28. The van der Waals surface area contributed by atoms with Crippen LogP contribution in [0, 0.1) is 0 Å². The van der Waals surface area contributed by atoms with Gasteiger partial charge >= 0.3 is 12.0 Å². The number of nitrogens with zero attached hydrogens (tertiary/aromatic N) is 2. The quantitative estimate of drug-likeness (QED) is 0.106. The van der Waals surface area contributed by atoms with Crippen LogP contribution < -0.4 is 31.9 Å². The molecule has 2 saturated heterocycles. The third-order valence-corrected chi connectivity index (χ3v) is 7.16. The molecule has 42 heavy (non-hydrogen) atoms. The van der Waals surface area contributed by atoms with Gasteiger partial charge in [0.25, 0.3) is 5.56 Å². The van der Waals surface area contributed by atoms with Gasteiger partial charge < -0.3 is 50.7 Å². The highest BCUT2D eigenvalue weighted by atomic mass is 16.6. The van der Waals surface area contributed by atoms with Gasteiger partial charge in [0.15, 0.2) is 6.23 Å². The molecule has 18 nitrogen and oxygen atoms in total. The Morgan fingerprint density at radius 1 is 1.02 bits per heavy atom. The average Bonchev–Trinajstić information content (AvgIpc) is 3.58. The Labute approximate surface area is 236 Å². The lowest BCUT2D eigenvalue weighted by Crippen LogP contribution is -2.59. The predicted octanol–water partition coefficient (Wildman–Crippen LogP) is -6.98. The molecule has 2 amide bonds. The van der Waals surface area contributed by atoms with Crippen molar-refractivity contribution in [3.8, 4) is 0 Å². The van der Waals surface area contributed by atoms with Gasteiger partial charge in [-0.15, -0.1) is 0 Å². The van der Waals surface area contributed by atoms with Crippen LogP contribution in [0.25, 0.3) is 0 Å². The van der Waals surface area contributed by atoms with E-state index >= 15 is 0 Å². The van der Waals surface area contributed by atoms with E-state index in [1.165, 1.54) is 6.34 Å². The van der Waals surface area contributed by atoms with Crippen molar-refractivity contribution in [1.29, 1.82) is 0 Å². The Balaban J connectivity index is 1.39. The molecular weight excluding hydrogens is 564 g/mol. The topological polar surface area (TPSA) is 279 Å². The number of carbonyl (C=O) groups is 2. The van der Waals surface area contributed by atoms with Crippen LogP contribution in [-0.4, -0.2) is 132 Å². The van der Waals surface area contributed by atoms with Crippen LogP contribution in [0.3, 0.4) is 0 Å². The lowest BCUT2D eigenvalue weighted by atomic mass is 9.93. The zero-order valence-corrected chi connectivity index (χ0v) is 22.1. The van der Waals surface area contributed by atoms with E-state index in [4.69, 9.17) is 9.47 Å². The molecule has 3 aliphatic heterocycles. The van der Waals surface area contributed by atoms with Crippen LogP contribution in [-0.2, 0) is 19.1 Å². The summed E-state index contributed by atoms with van der Waals surface area (Å²) in [6.07, 6.45) is -10.8. The van der Waals surface area contributed by atoms with Gasteiger partial charge in [0.1, 0.15) is 48.8 Å². The monoisotopic (exact) mass is 597 g/mol. The molecule has 4 heterocycles. The molecule has 10 atom stereocenters. The first-order valence-corrected chi connectivity index (χ1v) is 13.1. The van der Waals surface area contributed by atoms with Crippen LogP contribution >= 0.6 is 0 Å². The van der Waals surface area contributed by atoms with Crippen molar-refractivity contribution >= 4 is 24.0 Å². The molecule has 230 valence electrons. The number of aromatic nitrogens is 2. The van der Waals surface area contributed by atoms with Crippen molar-refractivity contribution in [1.82, 2.24) is 30.2 Å². The van der Waals surface area contributed by atoms with Crippen molar-refractivity contribution in [2.24, 2.45) is 0 Å². The number of aromatic amines is 1. The number of amides is 2. The average molecular weight is 598 g/mol. The first-order valence-electron chi connectivity index (χ1n) is 13.1. The predicted molar refractivity (Wildman–Crippen MR) is 140 cm³/mol. The largest absolute Gasteiger partial charge is 0.394 e. The number of rotatable bonds is 11. The molecule has 0 aromatic carbocycles. The summed E-state index contributed by atoms with van der Waals surface area (Å²) in [5.74, 6) is 1.23. The molecule has 4 rings (SSSR count). The fourth-order valence-electron chi connectivity index (χ4n) is 4.80. The first kappa shape index (κ1) is 31.3. The molecule has 1 aromatic rings. The molecule has 2 fully saturated rings. The van der Waals surface area contributed by atoms with E-state index < -0.39 is 97.2 Å². The van der Waals surface area contributed by atoms with Gasteiger partial charge in [-0.1, -0.05) is 0 Å². The molecule has 1 aromatic heterocycles. The Bertz CT molecular complexity index is 1370. The number of carbonyl (C=O) groups excluding carboxylic acids is 2. The van der Waals surface area contributed by atoms with Crippen LogP contribution in [0.1, 0.15) is 25.5 Å². The van der Waals surface area contributed by atoms with Crippen LogP contribution in [0.15, 0.2) is 27.5 Å². The molecular formula is C24H33N6O12+. The van der Waals surface area contributed by atoms with Crippen molar-refractivity contribution in [2.45, 2.75) is 80.4 Å². The summed E-state index contributed by atoms with van der Waals surface area (Å²) >= 11 is 0. The standard InChI is InChI=1S/C24H32N6O12/c31-8-14-19(36)20(37)17(34)12(41-14)5-16(33)28-11(2-1-10-6-25-9-27-10)22(39)26-7-13-18(35)21(38)23(42-13)30-4-3-15(32)29-24(30)40/h3-4,9,11-14,17-21,23,31,34-38H,1-2,5,7-8H2,(H3,26,28,29,32,33,39,40)/p+1/t11-,12+,13?,14+,17-,18+,19-,20+,21+,23+/m0/s1. The maximum atomic E-state index is 13.1. The third-order valence-electron chi connectivity index (χ3n) is 7.16. The fourth-order valence-corrected chi connectivity index (χ4v) is 4.80. The van der Waals surface area contributed by atoms with Gasteiger partial charge in [-0.25, -0.2) is 10.1 Å². The van der Waals surface area contributed by atoms with E-state index in [0.29, 0.717) is 5.70 Å². The molecule has 10 N–H and O–H groups in total. The van der Waals surface area contributed by atoms with Gasteiger partial charge in [0, 0.05) is 25.2 Å². The molecule has 0 aliphatic carbocycles. The minimum atomic E-state index is -1.67. The second-order valence-corrected chi connectivity index (χ2v) is 10.0. The molecule has 0 saturated carbocycles. The smallest absolute Gasteiger partial charge is 0.348 e. The Morgan fingerprint density at radius 2 is 1.74 bits per heavy atom. The molecule has 0 bridgehead atoms. The SMILES string of the molecule is O=C(C[C@H]1O[C@H](CO)[C@H](O)[C@H](O)[C@H]1O)N[C@@H](CCC1=C=[N+]=CN1)C(=O)NCC1O[C@@H](n2ccc(=O)[nH]c2=O)[C@H](O)[C@@H]1O. The zero-order chi connectivity index (χ0) is 30.6. The third kappa shape index (κ3) is 7.03. The molecule has 0 radical (unpaired) electrons. The number of hydrogen-bond donors (Lipinski definition) is 10. The fraction of sp³-hybridized carbons (Fsp3) is 0.625. The summed E-state index contributed by atoms with van der Waals surface area (Å²) in [4.78, 5) is 51.4. The van der Waals surface area contributed by atoms with E-state index in [1.807, 2.05) is 4.98 Å². The van der Waals surface area contributed by atoms with E-state index in [0.717, 1.165) is 16.8 Å². The number of nitrogens with one attached hydrogen (secondary N) is 4. The highest BCUT2D eigenvalue weighted by Gasteiger charge is 2.45. The van der Waals surface area contributed by atoms with E-state index in [9.17, 15) is 49.8 Å². The second kappa shape index (κ2) is 13.5.